The number of amides is 3. The van der Waals surface area contributed by atoms with Gasteiger partial charge in [0.05, 0.1) is 23.5 Å². The molecule has 0 radical (unpaired) electrons. The summed E-state index contributed by atoms with van der Waals surface area (Å²) in [5.74, 6) is -0.444. The number of sulfonamides is 1. The molecule has 3 amide bonds. The molecule has 2 aromatic rings. The first kappa shape index (κ1) is 23.7. The van der Waals surface area contributed by atoms with Gasteiger partial charge in [0, 0.05) is 26.2 Å². The molecule has 2 aliphatic rings. The van der Waals surface area contributed by atoms with Gasteiger partial charge < -0.3 is 20.3 Å². The molecular formula is C23H26N4O6S. The van der Waals surface area contributed by atoms with Crippen LogP contribution in [0.4, 0.5) is 5.69 Å². The molecule has 180 valence electrons. The van der Waals surface area contributed by atoms with Crippen LogP contribution in [0.2, 0.25) is 0 Å². The van der Waals surface area contributed by atoms with Gasteiger partial charge in [-0.05, 0) is 30.7 Å². The summed E-state index contributed by atoms with van der Waals surface area (Å²) in [5.41, 5.74) is 1.17. The number of rotatable bonds is 6. The fraction of sp³-hybridized carbons (Fsp3) is 0.348. The second-order valence-electron chi connectivity index (χ2n) is 8.13. The van der Waals surface area contributed by atoms with Gasteiger partial charge in [-0.3, -0.25) is 14.4 Å². The van der Waals surface area contributed by atoms with E-state index in [9.17, 15) is 22.8 Å². The third-order valence-corrected chi connectivity index (χ3v) is 7.65. The minimum atomic E-state index is -3.82. The highest BCUT2D eigenvalue weighted by molar-refractivity contribution is 7.89. The topological polar surface area (TPSA) is 125 Å². The molecule has 1 unspecified atom stereocenters. The molecule has 2 aromatic carbocycles. The van der Waals surface area contributed by atoms with Gasteiger partial charge in [0.1, 0.15) is 5.75 Å². The Morgan fingerprint density at radius 3 is 2.50 bits per heavy atom. The number of carbonyl (C=O) groups excluding carboxylic acids is 3. The lowest BCUT2D eigenvalue weighted by Crippen LogP contribution is -2.52. The van der Waals surface area contributed by atoms with E-state index in [4.69, 9.17) is 4.74 Å². The first-order valence-corrected chi connectivity index (χ1v) is 12.4. The monoisotopic (exact) mass is 486 g/mol. The Morgan fingerprint density at radius 1 is 1.09 bits per heavy atom. The van der Waals surface area contributed by atoms with Crippen LogP contribution in [-0.2, 0) is 30.8 Å². The molecular weight excluding hydrogens is 460 g/mol. The zero-order valence-corrected chi connectivity index (χ0v) is 19.5. The molecule has 10 nitrogen and oxygen atoms in total. The molecule has 2 heterocycles. The molecule has 0 aromatic heterocycles. The molecule has 4 rings (SSSR count). The van der Waals surface area contributed by atoms with Crippen LogP contribution in [0.5, 0.6) is 5.75 Å². The molecule has 0 aliphatic carbocycles. The Labute approximate surface area is 197 Å². The Bertz CT molecular complexity index is 1190. The van der Waals surface area contributed by atoms with E-state index in [1.807, 2.05) is 30.3 Å². The van der Waals surface area contributed by atoms with E-state index in [0.29, 0.717) is 11.4 Å². The molecule has 1 fully saturated rings. The van der Waals surface area contributed by atoms with Crippen LogP contribution in [0, 0.1) is 0 Å². The van der Waals surface area contributed by atoms with E-state index < -0.39 is 16.1 Å². The first-order valence-electron chi connectivity index (χ1n) is 10.9. The van der Waals surface area contributed by atoms with Crippen molar-refractivity contribution in [3.05, 3.63) is 54.1 Å². The minimum absolute atomic E-state index is 0.0395. The van der Waals surface area contributed by atoms with Crippen LogP contribution < -0.4 is 15.4 Å². The summed E-state index contributed by atoms with van der Waals surface area (Å²) < 4.78 is 33.0. The number of nitrogens with one attached hydrogen (secondary N) is 2. The van der Waals surface area contributed by atoms with Gasteiger partial charge >= 0.3 is 0 Å². The molecule has 0 spiro atoms. The molecule has 1 saturated heterocycles. The molecule has 34 heavy (non-hydrogen) atoms. The fourth-order valence-corrected chi connectivity index (χ4v) is 5.25. The van der Waals surface area contributed by atoms with Crippen molar-refractivity contribution in [1.29, 1.82) is 0 Å². The number of piperazine rings is 1. The molecule has 0 bridgehead atoms. The molecule has 1 atom stereocenters. The van der Waals surface area contributed by atoms with Crippen LogP contribution >= 0.6 is 0 Å². The van der Waals surface area contributed by atoms with Crippen molar-refractivity contribution in [2.45, 2.75) is 24.3 Å². The predicted molar refractivity (Wildman–Crippen MR) is 124 cm³/mol. The van der Waals surface area contributed by atoms with Crippen molar-refractivity contribution in [3.63, 3.8) is 0 Å². The van der Waals surface area contributed by atoms with E-state index in [1.165, 1.54) is 27.4 Å². The summed E-state index contributed by atoms with van der Waals surface area (Å²) in [6.45, 7) is 2.16. The fourth-order valence-electron chi connectivity index (χ4n) is 3.81. The van der Waals surface area contributed by atoms with Crippen LogP contribution in [-0.4, -0.2) is 74.2 Å². The smallest absolute Gasteiger partial charge is 0.265 e. The number of benzene rings is 2. The second kappa shape index (κ2) is 9.82. The predicted octanol–water partition coefficient (Wildman–Crippen LogP) is 0.598. The number of anilines is 1. The lowest BCUT2D eigenvalue weighted by atomic mass is 10.1. The molecule has 0 saturated carbocycles. The average molecular weight is 487 g/mol. The zero-order valence-electron chi connectivity index (χ0n) is 18.7. The SMILES string of the molecule is CC1Oc2ccc(S(=O)(=O)N3CCN(C(=O)CNC(=O)Cc4ccccc4)CC3)cc2NC1=O. The van der Waals surface area contributed by atoms with Crippen LogP contribution in [0.3, 0.4) is 0 Å². The van der Waals surface area contributed by atoms with E-state index in [-0.39, 0.29) is 61.8 Å². The summed E-state index contributed by atoms with van der Waals surface area (Å²) in [6, 6.07) is 13.6. The average Bonchev–Trinajstić information content (AvgIpc) is 2.83. The maximum absolute atomic E-state index is 13.1. The van der Waals surface area contributed by atoms with Gasteiger partial charge in [0.2, 0.25) is 21.8 Å². The van der Waals surface area contributed by atoms with Gasteiger partial charge in [0.25, 0.3) is 5.91 Å². The van der Waals surface area contributed by atoms with Crippen molar-refractivity contribution >= 4 is 33.4 Å². The highest BCUT2D eigenvalue weighted by Crippen LogP contribution is 2.32. The van der Waals surface area contributed by atoms with Gasteiger partial charge in [-0.1, -0.05) is 30.3 Å². The standard InChI is InChI=1S/C23H26N4O6S/c1-16-23(30)25-19-14-18(7-8-20(19)33-16)34(31,32)27-11-9-26(10-12-27)22(29)15-24-21(28)13-17-5-3-2-4-6-17/h2-8,14,16H,9-13,15H2,1H3,(H,24,28)(H,25,30). The maximum atomic E-state index is 13.1. The minimum Gasteiger partial charge on any atom is -0.479 e. The lowest BCUT2D eigenvalue weighted by molar-refractivity contribution is -0.133. The van der Waals surface area contributed by atoms with Crippen molar-refractivity contribution in [3.8, 4) is 5.75 Å². The van der Waals surface area contributed by atoms with E-state index in [2.05, 4.69) is 10.6 Å². The Morgan fingerprint density at radius 2 is 1.79 bits per heavy atom. The van der Waals surface area contributed by atoms with Gasteiger partial charge in [-0.15, -0.1) is 0 Å². The quantitative estimate of drug-likeness (QED) is 0.616. The van der Waals surface area contributed by atoms with Crippen LogP contribution in [0.1, 0.15) is 12.5 Å². The van der Waals surface area contributed by atoms with Gasteiger partial charge in [-0.2, -0.15) is 4.31 Å². The number of hydrogen-bond donors (Lipinski definition) is 2. The Hall–Kier alpha value is -3.44. The second-order valence-corrected chi connectivity index (χ2v) is 10.1. The van der Waals surface area contributed by atoms with E-state index in [1.54, 1.807) is 6.92 Å². The normalized spacial score (nSPS) is 18.4. The van der Waals surface area contributed by atoms with E-state index in [0.717, 1.165) is 5.56 Å². The summed E-state index contributed by atoms with van der Waals surface area (Å²) >= 11 is 0. The van der Waals surface area contributed by atoms with Crippen LogP contribution in [0.15, 0.2) is 53.4 Å². The highest BCUT2D eigenvalue weighted by Gasteiger charge is 2.32. The summed E-state index contributed by atoms with van der Waals surface area (Å²) in [7, 11) is -3.82. The summed E-state index contributed by atoms with van der Waals surface area (Å²) in [6.07, 6.45) is -0.464. The van der Waals surface area contributed by atoms with Gasteiger partial charge in [-0.25, -0.2) is 8.42 Å². The summed E-state index contributed by atoms with van der Waals surface area (Å²) in [5, 5.41) is 5.27. The van der Waals surface area contributed by atoms with Gasteiger partial charge in [0.15, 0.2) is 6.10 Å². The first-order chi connectivity index (χ1) is 16.2. The molecule has 2 N–H and O–H groups in total. The van der Waals surface area contributed by atoms with Crippen LogP contribution in [0.25, 0.3) is 0 Å². The largest absolute Gasteiger partial charge is 0.479 e. The van der Waals surface area contributed by atoms with E-state index >= 15 is 0 Å². The lowest BCUT2D eigenvalue weighted by Gasteiger charge is -2.34. The van der Waals surface area contributed by atoms with Crippen molar-refractivity contribution in [1.82, 2.24) is 14.5 Å². The number of nitrogens with zero attached hydrogens (tertiary/aromatic N) is 2. The highest BCUT2D eigenvalue weighted by atomic mass is 32.2. The molecule has 2 aliphatic heterocycles. The maximum Gasteiger partial charge on any atom is 0.265 e. The zero-order chi connectivity index (χ0) is 24.3. The number of fused-ring (bicyclic) bond motifs is 1. The molecule has 11 heteroatoms. The van der Waals surface area contributed by atoms with Crippen molar-refractivity contribution in [2.75, 3.05) is 38.0 Å². The Balaban J connectivity index is 1.30. The number of ether oxygens (including phenoxy) is 1. The summed E-state index contributed by atoms with van der Waals surface area (Å²) in [4.78, 5) is 38.0. The Kier molecular flexibility index (Phi) is 6.85. The van der Waals surface area contributed by atoms with Crippen molar-refractivity contribution < 1.29 is 27.5 Å². The van der Waals surface area contributed by atoms with Crippen molar-refractivity contribution in [2.24, 2.45) is 0 Å². The number of carbonyl (C=O) groups is 3. The third kappa shape index (κ3) is 5.20. The third-order valence-electron chi connectivity index (χ3n) is 5.76. The number of hydrogen-bond acceptors (Lipinski definition) is 6.